The molecule has 7 rings (SSSR count). The van der Waals surface area contributed by atoms with E-state index in [1.165, 1.54) is 12.5 Å². The number of benzene rings is 2. The number of nitrogens with two attached hydrogens (primary N) is 1. The van der Waals surface area contributed by atoms with E-state index in [2.05, 4.69) is 22.0 Å². The van der Waals surface area contributed by atoms with E-state index < -0.39 is 17.8 Å². The van der Waals surface area contributed by atoms with Crippen LogP contribution in [0.1, 0.15) is 86.3 Å². The zero-order valence-electron chi connectivity index (χ0n) is 31.4. The van der Waals surface area contributed by atoms with Gasteiger partial charge < -0.3 is 25.2 Å². The third-order valence-electron chi connectivity index (χ3n) is 12.4. The highest BCUT2D eigenvalue weighted by atomic mass is 19.1. The number of aromatic nitrogens is 2. The molecule has 1 atom stereocenters. The molecule has 4 aliphatic rings. The van der Waals surface area contributed by atoms with E-state index in [1.807, 2.05) is 17.0 Å². The number of hydrogen-bond donors (Lipinski definition) is 2. The number of rotatable bonds is 9. The zero-order valence-corrected chi connectivity index (χ0v) is 31.4. The Kier molecular flexibility index (Phi) is 11.8. The second kappa shape index (κ2) is 16.7. The molecule has 1 saturated carbocycles. The zero-order chi connectivity index (χ0) is 37.8. The van der Waals surface area contributed by atoms with Crippen molar-refractivity contribution in [2.45, 2.75) is 89.4 Å². The normalized spacial score (nSPS) is 21.0. The number of amides is 3. The van der Waals surface area contributed by atoms with Gasteiger partial charge in [0.05, 0.1) is 41.4 Å². The summed E-state index contributed by atoms with van der Waals surface area (Å²) < 4.78 is 21.5. The molecule has 13 heteroatoms. The third-order valence-corrected chi connectivity index (χ3v) is 12.4. The number of hydrogen-bond acceptors (Lipinski definition) is 8. The molecule has 0 spiro atoms. The second-order valence-electron chi connectivity index (χ2n) is 16.0. The molecule has 4 heterocycles. The molecule has 1 aromatic heterocycles. The summed E-state index contributed by atoms with van der Waals surface area (Å²) in [5.74, 6) is -0.876. The van der Waals surface area contributed by atoms with Gasteiger partial charge in [0.2, 0.25) is 11.8 Å². The molecule has 3 saturated heterocycles. The highest BCUT2D eigenvalue weighted by Crippen LogP contribution is 2.39. The summed E-state index contributed by atoms with van der Waals surface area (Å²) in [7, 11) is 0. The lowest BCUT2D eigenvalue weighted by molar-refractivity contribution is -0.141. The monoisotopic (exact) mass is 743 g/mol. The van der Waals surface area contributed by atoms with E-state index in [4.69, 9.17) is 10.5 Å². The minimum absolute atomic E-state index is 0.0154. The number of likely N-dealkylation sites (tertiary alicyclic amines) is 2. The summed E-state index contributed by atoms with van der Waals surface area (Å²) in [6, 6.07) is 11.2. The van der Waals surface area contributed by atoms with Crippen molar-refractivity contribution < 1.29 is 23.5 Å². The molecule has 290 valence electrons. The van der Waals surface area contributed by atoms with Gasteiger partial charge in [-0.2, -0.15) is 5.10 Å². The van der Waals surface area contributed by atoms with Gasteiger partial charge in [-0.25, -0.2) is 9.49 Å². The van der Waals surface area contributed by atoms with Crippen molar-refractivity contribution in [2.75, 3.05) is 58.9 Å². The molecule has 3 aliphatic heterocycles. The van der Waals surface area contributed by atoms with Gasteiger partial charge in [-0.05, 0) is 67.7 Å². The lowest BCUT2D eigenvalue weighted by Crippen LogP contribution is -2.55. The van der Waals surface area contributed by atoms with Gasteiger partial charge in [0.1, 0.15) is 5.82 Å². The van der Waals surface area contributed by atoms with Crippen LogP contribution in [0, 0.1) is 11.2 Å². The smallest absolute Gasteiger partial charge is 0.272 e. The molecule has 3 aromatic rings. The average Bonchev–Trinajstić information content (AvgIpc) is 3.20. The Morgan fingerprint density at radius 3 is 2.19 bits per heavy atom. The summed E-state index contributed by atoms with van der Waals surface area (Å²) in [5, 5.41) is 7.98. The summed E-state index contributed by atoms with van der Waals surface area (Å²) >= 11 is 0. The van der Waals surface area contributed by atoms with Crippen LogP contribution in [-0.2, 0) is 20.7 Å². The van der Waals surface area contributed by atoms with Gasteiger partial charge in [-0.3, -0.25) is 24.1 Å². The molecule has 0 radical (unpaired) electrons. The van der Waals surface area contributed by atoms with Gasteiger partial charge in [0, 0.05) is 64.2 Å². The van der Waals surface area contributed by atoms with Crippen molar-refractivity contribution in [2.24, 2.45) is 11.1 Å². The lowest BCUT2D eigenvalue weighted by atomic mass is 9.70. The summed E-state index contributed by atoms with van der Waals surface area (Å²) in [6.45, 7) is 6.87. The Labute approximate surface area is 316 Å². The first-order valence-corrected chi connectivity index (χ1v) is 19.8. The molecule has 4 fully saturated rings. The molecule has 0 bridgehead atoms. The van der Waals surface area contributed by atoms with Gasteiger partial charge in [-0.1, -0.05) is 50.5 Å². The SMILES string of the molecule is CC1([C@@H](N)C(=O)N2CCC(OC3CCN(CC(=O)N4CCN(C(=O)c5cc(Cc6n[nH]c(=O)c7ccccc67)ccc5F)CC4)CC3)CC2)CCCCC1. The van der Waals surface area contributed by atoms with Crippen molar-refractivity contribution in [1.29, 1.82) is 0 Å². The fraction of sp³-hybridized carbons (Fsp3) is 0.585. The summed E-state index contributed by atoms with van der Waals surface area (Å²) in [4.78, 5) is 59.7. The van der Waals surface area contributed by atoms with E-state index in [-0.39, 0.29) is 40.6 Å². The lowest BCUT2D eigenvalue weighted by Gasteiger charge is -2.42. The quantitative estimate of drug-likeness (QED) is 0.338. The largest absolute Gasteiger partial charge is 0.375 e. The Bertz CT molecular complexity index is 1870. The van der Waals surface area contributed by atoms with Crippen LogP contribution >= 0.6 is 0 Å². The van der Waals surface area contributed by atoms with Crippen molar-refractivity contribution in [3.05, 3.63) is 75.5 Å². The van der Waals surface area contributed by atoms with Crippen LogP contribution in [0.25, 0.3) is 10.8 Å². The Morgan fingerprint density at radius 2 is 1.50 bits per heavy atom. The van der Waals surface area contributed by atoms with Crippen LogP contribution < -0.4 is 11.3 Å². The third kappa shape index (κ3) is 8.53. The number of aromatic amines is 1. The van der Waals surface area contributed by atoms with E-state index in [0.717, 1.165) is 64.5 Å². The first-order valence-electron chi connectivity index (χ1n) is 19.8. The first kappa shape index (κ1) is 38.1. The van der Waals surface area contributed by atoms with Crippen molar-refractivity contribution in [3.8, 4) is 0 Å². The molecule has 2 aromatic carbocycles. The van der Waals surface area contributed by atoms with E-state index in [9.17, 15) is 23.6 Å². The number of carbonyl (C=O) groups is 3. The van der Waals surface area contributed by atoms with Crippen LogP contribution in [0.15, 0.2) is 47.3 Å². The molecule has 0 unspecified atom stereocenters. The second-order valence-corrected chi connectivity index (χ2v) is 16.0. The van der Waals surface area contributed by atoms with Crippen LogP contribution in [0.3, 0.4) is 0 Å². The van der Waals surface area contributed by atoms with Crippen molar-refractivity contribution in [3.63, 3.8) is 0 Å². The summed E-state index contributed by atoms with van der Waals surface area (Å²) in [6.07, 6.45) is 9.56. The van der Waals surface area contributed by atoms with Gasteiger partial charge >= 0.3 is 0 Å². The number of nitrogens with zero attached hydrogens (tertiary/aromatic N) is 5. The molecular weight excluding hydrogens is 689 g/mol. The van der Waals surface area contributed by atoms with Crippen LogP contribution in [0.5, 0.6) is 0 Å². The van der Waals surface area contributed by atoms with E-state index >= 15 is 0 Å². The Morgan fingerprint density at radius 1 is 0.870 bits per heavy atom. The number of halogens is 1. The van der Waals surface area contributed by atoms with E-state index in [1.54, 1.807) is 34.1 Å². The maximum atomic E-state index is 15.0. The van der Waals surface area contributed by atoms with Gasteiger partial charge in [-0.15, -0.1) is 0 Å². The van der Waals surface area contributed by atoms with Crippen LogP contribution in [-0.4, -0.2) is 125 Å². The maximum absolute atomic E-state index is 15.0. The number of H-pyrrole nitrogens is 1. The van der Waals surface area contributed by atoms with Crippen molar-refractivity contribution in [1.82, 2.24) is 29.8 Å². The topological polar surface area (TPSA) is 145 Å². The number of nitrogens with one attached hydrogen (secondary N) is 1. The number of piperidine rings is 2. The van der Waals surface area contributed by atoms with Crippen molar-refractivity contribution >= 4 is 28.5 Å². The standard InChI is InChI=1S/C41H54FN7O5/c1-41(15-5-2-6-16-41)37(43)40(53)48-19-13-30(14-20-48)54-29-11-17-46(18-12-29)27-36(50)47-21-23-49(24-22-47)39(52)33-25-28(9-10-34(33)42)26-35-31-7-3-4-8-32(31)38(51)45-44-35/h3-4,7-10,25,29-30,37H,2,5-6,11-24,26-27,43H2,1H3,(H,45,51)/t37-/m0/s1. The Hall–Kier alpha value is -4.20. The number of fused-ring (bicyclic) bond motifs is 1. The van der Waals surface area contributed by atoms with Crippen LogP contribution in [0.2, 0.25) is 0 Å². The minimum Gasteiger partial charge on any atom is -0.375 e. The molecular formula is C41H54FN7O5. The molecule has 3 N–H and O–H groups in total. The van der Waals surface area contributed by atoms with E-state index in [0.29, 0.717) is 74.3 Å². The molecule has 12 nitrogen and oxygen atoms in total. The molecule has 1 aliphatic carbocycles. The number of carbonyl (C=O) groups excluding carboxylic acids is 3. The van der Waals surface area contributed by atoms with Gasteiger partial charge in [0.15, 0.2) is 0 Å². The maximum Gasteiger partial charge on any atom is 0.272 e. The predicted molar refractivity (Wildman–Crippen MR) is 203 cm³/mol. The minimum atomic E-state index is -0.599. The summed E-state index contributed by atoms with van der Waals surface area (Å²) in [5.41, 5.74) is 7.48. The van der Waals surface area contributed by atoms with Gasteiger partial charge in [0.25, 0.3) is 11.5 Å². The highest BCUT2D eigenvalue weighted by molar-refractivity contribution is 5.95. The first-order chi connectivity index (χ1) is 26.1. The fourth-order valence-corrected chi connectivity index (χ4v) is 8.82. The fourth-order valence-electron chi connectivity index (χ4n) is 8.82. The average molecular weight is 744 g/mol. The Balaban J connectivity index is 0.829. The number of piperazine rings is 1. The predicted octanol–water partition coefficient (Wildman–Crippen LogP) is 3.71. The molecule has 54 heavy (non-hydrogen) atoms. The molecule has 3 amide bonds. The number of ether oxygens (including phenoxy) is 1. The highest BCUT2D eigenvalue weighted by Gasteiger charge is 2.40. The van der Waals surface area contributed by atoms with Crippen LogP contribution in [0.4, 0.5) is 4.39 Å².